The number of hydrogen-bond donors (Lipinski definition) is 2. The first kappa shape index (κ1) is 14.0. The van der Waals surface area contributed by atoms with Crippen LogP contribution < -0.4 is 10.6 Å². The number of nitrogens with one attached hydrogen (secondary N) is 2. The van der Waals surface area contributed by atoms with E-state index in [0.717, 1.165) is 6.42 Å². The Morgan fingerprint density at radius 2 is 2.44 bits per heavy atom. The molecule has 0 bridgehead atoms. The summed E-state index contributed by atoms with van der Waals surface area (Å²) in [5.41, 5.74) is -0.00905. The highest BCUT2D eigenvalue weighted by molar-refractivity contribution is 6.30. The van der Waals surface area contributed by atoms with Gasteiger partial charge in [0.1, 0.15) is 17.5 Å². The fourth-order valence-corrected chi connectivity index (χ4v) is 1.27. The Bertz CT molecular complexity index is 493. The van der Waals surface area contributed by atoms with Gasteiger partial charge in [0.2, 0.25) is 0 Å². The quantitative estimate of drug-likeness (QED) is 0.630. The Morgan fingerprint density at radius 3 is 3.06 bits per heavy atom. The Morgan fingerprint density at radius 1 is 1.67 bits per heavy atom. The summed E-state index contributed by atoms with van der Waals surface area (Å²) >= 11 is 5.78. The first-order valence-electron chi connectivity index (χ1n) is 5.44. The van der Waals surface area contributed by atoms with E-state index < -0.39 is 5.91 Å². The van der Waals surface area contributed by atoms with Crippen molar-refractivity contribution in [3.8, 4) is 6.07 Å². The summed E-state index contributed by atoms with van der Waals surface area (Å²) < 4.78 is 0. The third kappa shape index (κ3) is 4.44. The first-order chi connectivity index (χ1) is 8.67. The highest BCUT2D eigenvalue weighted by Gasteiger charge is 2.07. The van der Waals surface area contributed by atoms with E-state index in [1.165, 1.54) is 12.4 Å². The first-order valence-corrected chi connectivity index (χ1v) is 5.81. The summed E-state index contributed by atoms with van der Waals surface area (Å²) in [7, 11) is 0. The maximum absolute atomic E-state index is 11.5. The van der Waals surface area contributed by atoms with Crippen LogP contribution in [0.15, 0.2) is 30.1 Å². The molecule has 2 N–H and O–H groups in total. The average molecular weight is 265 g/mol. The molecule has 0 atom stereocenters. The summed E-state index contributed by atoms with van der Waals surface area (Å²) in [6.07, 6.45) is 3.65. The SMILES string of the molecule is CCCNC(=O)/C(C#N)=C\Nc1cc(Cl)ccn1. The van der Waals surface area contributed by atoms with Gasteiger partial charge in [0.15, 0.2) is 0 Å². The molecule has 0 fully saturated rings. The smallest absolute Gasteiger partial charge is 0.263 e. The van der Waals surface area contributed by atoms with Crippen molar-refractivity contribution < 1.29 is 4.79 Å². The summed E-state index contributed by atoms with van der Waals surface area (Å²) in [5, 5.41) is 14.8. The van der Waals surface area contributed by atoms with E-state index in [4.69, 9.17) is 16.9 Å². The molecule has 1 rings (SSSR count). The lowest BCUT2D eigenvalue weighted by Gasteiger charge is -2.03. The molecule has 0 unspecified atom stereocenters. The van der Waals surface area contributed by atoms with Gasteiger partial charge in [-0.2, -0.15) is 5.26 Å². The van der Waals surface area contributed by atoms with Crippen LogP contribution >= 0.6 is 11.6 Å². The van der Waals surface area contributed by atoms with Gasteiger partial charge in [0.05, 0.1) is 0 Å². The average Bonchev–Trinajstić information content (AvgIpc) is 2.37. The van der Waals surface area contributed by atoms with Crippen LogP contribution in [0, 0.1) is 11.3 Å². The van der Waals surface area contributed by atoms with Gasteiger partial charge in [0, 0.05) is 24.0 Å². The van der Waals surface area contributed by atoms with Crippen LogP contribution in [0.1, 0.15) is 13.3 Å². The number of carbonyl (C=O) groups excluding carboxylic acids is 1. The van der Waals surface area contributed by atoms with E-state index in [9.17, 15) is 4.79 Å². The molecule has 6 heteroatoms. The summed E-state index contributed by atoms with van der Waals surface area (Å²) in [4.78, 5) is 15.5. The molecule has 1 heterocycles. The maximum Gasteiger partial charge on any atom is 0.263 e. The third-order valence-corrected chi connectivity index (χ3v) is 2.22. The molecule has 1 aromatic rings. The minimum Gasteiger partial charge on any atom is -0.351 e. The second-order valence-electron chi connectivity index (χ2n) is 3.43. The topological polar surface area (TPSA) is 77.8 Å². The van der Waals surface area contributed by atoms with Gasteiger partial charge in [0.25, 0.3) is 5.91 Å². The fraction of sp³-hybridized carbons (Fsp3) is 0.250. The number of hydrogen-bond acceptors (Lipinski definition) is 4. The van der Waals surface area contributed by atoms with Crippen LogP contribution in [0.5, 0.6) is 0 Å². The van der Waals surface area contributed by atoms with E-state index in [1.807, 2.05) is 13.0 Å². The molecule has 0 radical (unpaired) electrons. The number of amides is 1. The molecule has 0 spiro atoms. The van der Waals surface area contributed by atoms with Gasteiger partial charge >= 0.3 is 0 Å². The molecular weight excluding hydrogens is 252 g/mol. The van der Waals surface area contributed by atoms with Gasteiger partial charge in [-0.15, -0.1) is 0 Å². The summed E-state index contributed by atoms with van der Waals surface area (Å²) in [6.45, 7) is 2.47. The Balaban J connectivity index is 2.69. The minimum absolute atomic E-state index is 0.00905. The highest BCUT2D eigenvalue weighted by atomic mass is 35.5. The zero-order valence-electron chi connectivity index (χ0n) is 9.90. The standard InChI is InChI=1S/C12H13ClN4O/c1-2-4-16-12(18)9(7-14)8-17-11-6-10(13)3-5-15-11/h3,5-6,8H,2,4H2,1H3,(H,15,17)(H,16,18)/b9-8-. The molecule has 0 saturated carbocycles. The molecule has 18 heavy (non-hydrogen) atoms. The number of pyridine rings is 1. The van der Waals surface area contributed by atoms with Crippen LogP contribution in [0.2, 0.25) is 5.02 Å². The van der Waals surface area contributed by atoms with Crippen molar-refractivity contribution in [3.63, 3.8) is 0 Å². The molecule has 94 valence electrons. The van der Waals surface area contributed by atoms with Crippen molar-refractivity contribution in [2.75, 3.05) is 11.9 Å². The lowest BCUT2D eigenvalue weighted by Crippen LogP contribution is -2.25. The number of aromatic nitrogens is 1. The van der Waals surface area contributed by atoms with Crippen molar-refractivity contribution >= 4 is 23.3 Å². The molecule has 0 aliphatic heterocycles. The second kappa shape index (κ2) is 7.30. The van der Waals surface area contributed by atoms with Crippen LogP contribution in [0.3, 0.4) is 0 Å². The molecule has 1 amide bonds. The number of halogens is 1. The molecule has 0 aromatic carbocycles. The molecular formula is C12H13ClN4O. The van der Waals surface area contributed by atoms with E-state index in [2.05, 4.69) is 15.6 Å². The lowest BCUT2D eigenvalue weighted by molar-refractivity contribution is -0.117. The predicted octanol–water partition coefficient (Wildman–Crippen LogP) is 2.08. The molecule has 5 nitrogen and oxygen atoms in total. The summed E-state index contributed by atoms with van der Waals surface area (Å²) in [5.74, 6) is 0.0624. The van der Waals surface area contributed by atoms with Crippen molar-refractivity contribution in [1.29, 1.82) is 5.26 Å². The van der Waals surface area contributed by atoms with Crippen molar-refractivity contribution in [1.82, 2.24) is 10.3 Å². The Hall–Kier alpha value is -2.06. The van der Waals surface area contributed by atoms with Gasteiger partial charge < -0.3 is 10.6 Å². The van der Waals surface area contributed by atoms with Crippen LogP contribution in [0.4, 0.5) is 5.82 Å². The molecule has 0 aliphatic rings. The maximum atomic E-state index is 11.5. The molecule has 1 aromatic heterocycles. The molecule has 0 saturated heterocycles. The lowest BCUT2D eigenvalue weighted by atomic mass is 10.3. The fourth-order valence-electron chi connectivity index (χ4n) is 1.11. The van der Waals surface area contributed by atoms with Crippen molar-refractivity contribution in [2.24, 2.45) is 0 Å². The normalized spacial score (nSPS) is 10.6. The number of nitrogens with zero attached hydrogens (tertiary/aromatic N) is 2. The minimum atomic E-state index is -0.408. The second-order valence-corrected chi connectivity index (χ2v) is 3.87. The predicted molar refractivity (Wildman–Crippen MR) is 69.9 cm³/mol. The van der Waals surface area contributed by atoms with Gasteiger partial charge in [-0.1, -0.05) is 18.5 Å². The van der Waals surface area contributed by atoms with Crippen LogP contribution in [0.25, 0.3) is 0 Å². The molecule has 0 aliphatic carbocycles. The van der Waals surface area contributed by atoms with Gasteiger partial charge in [-0.25, -0.2) is 4.98 Å². The number of carbonyl (C=O) groups is 1. The number of rotatable bonds is 5. The van der Waals surface area contributed by atoms with E-state index >= 15 is 0 Å². The van der Waals surface area contributed by atoms with E-state index in [1.54, 1.807) is 12.1 Å². The summed E-state index contributed by atoms with van der Waals surface area (Å²) in [6, 6.07) is 5.05. The Labute approximate surface area is 110 Å². The van der Waals surface area contributed by atoms with Crippen LogP contribution in [-0.2, 0) is 4.79 Å². The van der Waals surface area contributed by atoms with Crippen molar-refractivity contribution in [2.45, 2.75) is 13.3 Å². The van der Waals surface area contributed by atoms with Gasteiger partial charge in [-0.05, 0) is 18.6 Å². The van der Waals surface area contributed by atoms with Crippen LogP contribution in [-0.4, -0.2) is 17.4 Å². The highest BCUT2D eigenvalue weighted by Crippen LogP contribution is 2.11. The van der Waals surface area contributed by atoms with E-state index in [-0.39, 0.29) is 5.57 Å². The zero-order chi connectivity index (χ0) is 13.4. The van der Waals surface area contributed by atoms with Gasteiger partial charge in [-0.3, -0.25) is 4.79 Å². The zero-order valence-corrected chi connectivity index (χ0v) is 10.7. The Kier molecular flexibility index (Phi) is 5.68. The van der Waals surface area contributed by atoms with Crippen molar-refractivity contribution in [3.05, 3.63) is 35.1 Å². The number of nitriles is 1. The van der Waals surface area contributed by atoms with E-state index in [0.29, 0.717) is 17.4 Å². The largest absolute Gasteiger partial charge is 0.351 e. The number of anilines is 1. The monoisotopic (exact) mass is 264 g/mol. The third-order valence-electron chi connectivity index (χ3n) is 1.99.